The summed E-state index contributed by atoms with van der Waals surface area (Å²) in [6, 6.07) is 25.1. The second-order valence-corrected chi connectivity index (χ2v) is 13.5. The topological polar surface area (TPSA) is 130 Å². The molecule has 2 unspecified atom stereocenters. The van der Waals surface area contributed by atoms with Crippen LogP contribution in [0.4, 0.5) is 11.4 Å². The summed E-state index contributed by atoms with van der Waals surface area (Å²) >= 11 is 13.1. The number of carbonyl (C=O) groups excluding carboxylic acids is 2. The smallest absolute Gasteiger partial charge is 0.269 e. The molecular weight excluding hydrogens is 663 g/mol. The number of hydrogen-bond donors (Lipinski definition) is 1. The van der Waals surface area contributed by atoms with E-state index in [0.717, 1.165) is 22.0 Å². The molecule has 0 bridgehead atoms. The highest BCUT2D eigenvalue weighted by Crippen LogP contribution is 2.29. The Morgan fingerprint density at radius 2 is 1.45 bits per heavy atom. The maximum atomic E-state index is 14.5. The molecule has 0 heterocycles. The summed E-state index contributed by atoms with van der Waals surface area (Å²) in [4.78, 5) is 40.4. The number of nitrogens with one attached hydrogen (secondary N) is 1. The lowest BCUT2D eigenvalue weighted by Crippen LogP contribution is -2.54. The van der Waals surface area contributed by atoms with Crippen molar-refractivity contribution >= 4 is 56.4 Å². The van der Waals surface area contributed by atoms with Crippen LogP contribution in [-0.2, 0) is 32.6 Å². The van der Waals surface area contributed by atoms with E-state index in [0.29, 0.717) is 12.0 Å². The van der Waals surface area contributed by atoms with Gasteiger partial charge >= 0.3 is 0 Å². The number of nitro groups is 1. The number of benzene rings is 4. The first-order chi connectivity index (χ1) is 22.4. The van der Waals surface area contributed by atoms with Crippen LogP contribution in [0.1, 0.15) is 31.4 Å². The fourth-order valence-electron chi connectivity index (χ4n) is 4.84. The Bertz CT molecular complexity index is 1790. The molecule has 47 heavy (non-hydrogen) atoms. The van der Waals surface area contributed by atoms with Crippen molar-refractivity contribution in [1.29, 1.82) is 0 Å². The maximum absolute atomic E-state index is 14.5. The lowest BCUT2D eigenvalue weighted by Gasteiger charge is -2.34. The predicted octanol–water partition coefficient (Wildman–Crippen LogP) is 6.65. The first kappa shape index (κ1) is 35.4. The molecule has 2 amide bonds. The molecule has 1 N–H and O–H groups in total. The molecule has 4 rings (SSSR count). The Hall–Kier alpha value is -4.45. The Labute approximate surface area is 284 Å². The molecule has 0 aliphatic carbocycles. The number of carbonyl (C=O) groups is 2. The number of rotatable bonds is 14. The van der Waals surface area contributed by atoms with Crippen LogP contribution < -0.4 is 9.62 Å². The largest absolute Gasteiger partial charge is 0.352 e. The summed E-state index contributed by atoms with van der Waals surface area (Å²) in [7, 11) is -4.37. The third-order valence-electron chi connectivity index (χ3n) is 7.62. The molecule has 4 aromatic rings. The number of hydrogen-bond acceptors (Lipinski definition) is 6. The van der Waals surface area contributed by atoms with Crippen molar-refractivity contribution in [3.8, 4) is 0 Å². The van der Waals surface area contributed by atoms with Crippen molar-refractivity contribution in [2.45, 2.75) is 50.2 Å². The van der Waals surface area contributed by atoms with Gasteiger partial charge in [-0.25, -0.2) is 8.42 Å². The summed E-state index contributed by atoms with van der Waals surface area (Å²) in [6.45, 7) is 2.82. The van der Waals surface area contributed by atoms with Gasteiger partial charge in [-0.15, -0.1) is 0 Å². The van der Waals surface area contributed by atoms with E-state index in [4.69, 9.17) is 23.2 Å². The molecule has 13 heteroatoms. The van der Waals surface area contributed by atoms with Crippen molar-refractivity contribution in [2.75, 3.05) is 10.8 Å². The molecule has 4 aromatic carbocycles. The minimum atomic E-state index is -4.37. The van der Waals surface area contributed by atoms with Crippen LogP contribution in [0.25, 0.3) is 0 Å². The van der Waals surface area contributed by atoms with Gasteiger partial charge in [0.15, 0.2) is 0 Å². The number of non-ortho nitro benzene ring substituents is 1. The van der Waals surface area contributed by atoms with Crippen molar-refractivity contribution in [3.63, 3.8) is 0 Å². The molecule has 10 nitrogen and oxygen atoms in total. The van der Waals surface area contributed by atoms with E-state index in [9.17, 15) is 28.1 Å². The molecule has 246 valence electrons. The van der Waals surface area contributed by atoms with Crippen LogP contribution in [0.3, 0.4) is 0 Å². The van der Waals surface area contributed by atoms with Crippen molar-refractivity contribution in [3.05, 3.63) is 134 Å². The highest BCUT2D eigenvalue weighted by Gasteiger charge is 2.35. The van der Waals surface area contributed by atoms with Crippen LogP contribution in [0.5, 0.6) is 0 Å². The minimum Gasteiger partial charge on any atom is -0.352 e. The lowest BCUT2D eigenvalue weighted by atomic mass is 10.0. The van der Waals surface area contributed by atoms with Crippen LogP contribution in [0.2, 0.25) is 10.0 Å². The molecule has 2 atom stereocenters. The normalized spacial score (nSPS) is 12.5. The Morgan fingerprint density at radius 1 is 0.872 bits per heavy atom. The van der Waals surface area contributed by atoms with Crippen LogP contribution in [0, 0.1) is 10.1 Å². The molecule has 0 spiro atoms. The van der Waals surface area contributed by atoms with Gasteiger partial charge in [-0.05, 0) is 55.3 Å². The first-order valence-electron chi connectivity index (χ1n) is 14.8. The number of nitrogens with zero attached hydrogens (tertiary/aromatic N) is 3. The average Bonchev–Trinajstić information content (AvgIpc) is 3.07. The number of nitro benzene ring substituents is 1. The number of amides is 2. The van der Waals surface area contributed by atoms with Crippen molar-refractivity contribution in [1.82, 2.24) is 10.2 Å². The number of sulfonamides is 1. The molecule has 0 saturated heterocycles. The minimum absolute atomic E-state index is 0.0206. The Balaban J connectivity index is 1.85. The summed E-state index contributed by atoms with van der Waals surface area (Å²) in [6.07, 6.45) is 0.747. The number of anilines is 1. The zero-order valence-electron chi connectivity index (χ0n) is 25.8. The van der Waals surface area contributed by atoms with Gasteiger partial charge in [0.05, 0.1) is 15.5 Å². The highest BCUT2D eigenvalue weighted by molar-refractivity contribution is 7.92. The molecule has 0 saturated carbocycles. The SMILES string of the molecule is CCC(C)NC(=O)C(Cc1ccccc1)N(Cc1c(Cl)cccc1Cl)C(=O)CN(c1ccc([N+](=O)[O-])cc1)S(=O)(=O)c1ccccc1. The highest BCUT2D eigenvalue weighted by atomic mass is 35.5. The fraction of sp³-hybridized carbons (Fsp3) is 0.235. The van der Waals surface area contributed by atoms with Gasteiger partial charge in [0.25, 0.3) is 15.7 Å². The first-order valence-corrected chi connectivity index (χ1v) is 17.0. The summed E-state index contributed by atoms with van der Waals surface area (Å²) in [5, 5.41) is 14.8. The van der Waals surface area contributed by atoms with Gasteiger partial charge < -0.3 is 10.2 Å². The Morgan fingerprint density at radius 3 is 2.00 bits per heavy atom. The summed E-state index contributed by atoms with van der Waals surface area (Å²) < 4.78 is 29.0. The van der Waals surface area contributed by atoms with E-state index in [1.807, 2.05) is 44.2 Å². The van der Waals surface area contributed by atoms with Crippen molar-refractivity contribution < 1.29 is 22.9 Å². The van der Waals surface area contributed by atoms with E-state index in [-0.39, 0.29) is 45.3 Å². The third-order valence-corrected chi connectivity index (χ3v) is 10.1. The van der Waals surface area contributed by atoms with Gasteiger partial charge in [-0.2, -0.15) is 0 Å². The molecule has 0 aliphatic heterocycles. The van der Waals surface area contributed by atoms with Gasteiger partial charge in [-0.3, -0.25) is 24.0 Å². The van der Waals surface area contributed by atoms with E-state index >= 15 is 0 Å². The predicted molar refractivity (Wildman–Crippen MR) is 183 cm³/mol. The Kier molecular flexibility index (Phi) is 12.0. The number of halogens is 2. The van der Waals surface area contributed by atoms with Gasteiger partial charge in [0.2, 0.25) is 11.8 Å². The van der Waals surface area contributed by atoms with Crippen LogP contribution in [0.15, 0.2) is 108 Å². The van der Waals surface area contributed by atoms with E-state index in [2.05, 4.69) is 5.32 Å². The van der Waals surface area contributed by atoms with Gasteiger partial charge in [-0.1, -0.05) is 84.7 Å². The zero-order valence-corrected chi connectivity index (χ0v) is 28.1. The monoisotopic (exact) mass is 696 g/mol. The van der Waals surface area contributed by atoms with Crippen molar-refractivity contribution in [2.24, 2.45) is 0 Å². The second-order valence-electron chi connectivity index (χ2n) is 10.8. The van der Waals surface area contributed by atoms with E-state index < -0.39 is 39.3 Å². The fourth-order valence-corrected chi connectivity index (χ4v) is 6.79. The van der Waals surface area contributed by atoms with E-state index in [1.54, 1.807) is 36.4 Å². The summed E-state index contributed by atoms with van der Waals surface area (Å²) in [5.41, 5.74) is 0.916. The van der Waals surface area contributed by atoms with Gasteiger partial charge in [0, 0.05) is 46.7 Å². The molecular formula is C34H34Cl2N4O6S. The van der Waals surface area contributed by atoms with E-state index in [1.165, 1.54) is 29.2 Å². The lowest BCUT2D eigenvalue weighted by molar-refractivity contribution is -0.384. The van der Waals surface area contributed by atoms with Gasteiger partial charge in [0.1, 0.15) is 12.6 Å². The van der Waals surface area contributed by atoms with Crippen LogP contribution in [-0.4, -0.2) is 48.7 Å². The molecule has 0 radical (unpaired) electrons. The maximum Gasteiger partial charge on any atom is 0.269 e. The average molecular weight is 698 g/mol. The standard InChI is InChI=1S/C34H34Cl2N4O6S/c1-3-24(2)37-34(42)32(21-25-11-6-4-7-12-25)38(22-29-30(35)15-10-16-31(29)36)33(41)23-39(26-17-19-27(20-18-26)40(43)44)47(45,46)28-13-8-5-9-14-28/h4-20,24,32H,3,21-23H2,1-2H3,(H,37,42). The van der Waals surface area contributed by atoms with Crippen LogP contribution >= 0.6 is 23.2 Å². The third kappa shape index (κ3) is 8.88. The second kappa shape index (κ2) is 15.9. The quantitative estimate of drug-likeness (QED) is 0.116. The summed E-state index contributed by atoms with van der Waals surface area (Å²) in [5.74, 6) is -1.16. The molecule has 0 aromatic heterocycles. The molecule has 0 aliphatic rings. The molecule has 0 fully saturated rings. The zero-order chi connectivity index (χ0) is 34.1.